The van der Waals surface area contributed by atoms with Crippen molar-refractivity contribution in [3.05, 3.63) is 23.2 Å². The second-order valence-corrected chi connectivity index (χ2v) is 4.53. The third-order valence-electron chi connectivity index (χ3n) is 3.13. The van der Waals surface area contributed by atoms with E-state index in [1.807, 2.05) is 0 Å². The molecule has 2 amide bonds. The molecule has 0 unspecified atom stereocenters. The minimum atomic E-state index is -0.361. The van der Waals surface area contributed by atoms with E-state index in [0.29, 0.717) is 43.1 Å². The smallest absolute Gasteiger partial charge is 0.268 e. The van der Waals surface area contributed by atoms with Gasteiger partial charge in [0.05, 0.1) is 12.1 Å². The van der Waals surface area contributed by atoms with Crippen molar-refractivity contribution >= 4 is 11.8 Å². The van der Waals surface area contributed by atoms with E-state index in [4.69, 9.17) is 10.3 Å². The fourth-order valence-corrected chi connectivity index (χ4v) is 2.12. The summed E-state index contributed by atoms with van der Waals surface area (Å²) in [4.78, 5) is 24.8. The third-order valence-corrected chi connectivity index (χ3v) is 3.13. The molecule has 0 aliphatic carbocycles. The summed E-state index contributed by atoms with van der Waals surface area (Å²) in [6.07, 6.45) is 0.482. The van der Waals surface area contributed by atoms with Gasteiger partial charge in [-0.3, -0.25) is 19.9 Å². The van der Waals surface area contributed by atoms with Crippen molar-refractivity contribution in [3.8, 4) is 0 Å². The molecule has 19 heavy (non-hydrogen) atoms. The van der Waals surface area contributed by atoms with Crippen molar-refractivity contribution in [2.24, 2.45) is 5.84 Å². The van der Waals surface area contributed by atoms with E-state index in [1.54, 1.807) is 13.0 Å². The lowest BCUT2D eigenvalue weighted by Gasteiger charge is -2.16. The van der Waals surface area contributed by atoms with Crippen molar-refractivity contribution in [3.63, 3.8) is 0 Å². The average Bonchev–Trinajstić information content (AvgIpc) is 2.62. The number of rotatable bonds is 3. The van der Waals surface area contributed by atoms with E-state index >= 15 is 0 Å². The first-order valence-electron chi connectivity index (χ1n) is 6.19. The Morgan fingerprint density at radius 3 is 3.11 bits per heavy atom. The normalized spacial score (nSPS) is 16.8. The van der Waals surface area contributed by atoms with Gasteiger partial charge in [-0.25, -0.2) is 5.84 Å². The number of nitrogen functional groups attached to an aromatic ring is 1. The van der Waals surface area contributed by atoms with Crippen molar-refractivity contribution in [1.29, 1.82) is 0 Å². The molecule has 4 N–H and O–H groups in total. The van der Waals surface area contributed by atoms with Gasteiger partial charge >= 0.3 is 0 Å². The number of hydrogen-bond acceptors (Lipinski definition) is 5. The predicted octanol–water partition coefficient (Wildman–Crippen LogP) is -0.487. The first-order valence-corrected chi connectivity index (χ1v) is 6.19. The van der Waals surface area contributed by atoms with Gasteiger partial charge in [-0.05, 0) is 13.0 Å². The van der Waals surface area contributed by atoms with Crippen LogP contribution in [0.1, 0.15) is 28.3 Å². The molecular weight excluding hydrogens is 248 g/mol. The van der Waals surface area contributed by atoms with Crippen molar-refractivity contribution < 1.29 is 14.0 Å². The molecule has 0 bridgehead atoms. The van der Waals surface area contributed by atoms with Crippen LogP contribution < -0.4 is 16.6 Å². The molecule has 0 atom stereocenters. The standard InChI is InChI=1S/C12H18N4O3/c1-8-10(12(18)15-13)6-9(19-8)7-16-4-2-11(17)14-3-5-16/h6H,2-5,7,13H2,1H3,(H,14,17)(H,15,18). The Morgan fingerprint density at radius 2 is 2.37 bits per heavy atom. The van der Waals surface area contributed by atoms with Crippen LogP contribution in [0.3, 0.4) is 0 Å². The molecule has 2 heterocycles. The first kappa shape index (κ1) is 13.6. The monoisotopic (exact) mass is 266 g/mol. The maximum atomic E-state index is 11.5. The number of hydrogen-bond donors (Lipinski definition) is 3. The van der Waals surface area contributed by atoms with Crippen LogP contribution in [0, 0.1) is 6.92 Å². The van der Waals surface area contributed by atoms with Crippen LogP contribution in [-0.4, -0.2) is 36.3 Å². The van der Waals surface area contributed by atoms with Crippen molar-refractivity contribution in [2.45, 2.75) is 19.9 Å². The number of hydrazine groups is 1. The van der Waals surface area contributed by atoms with Gasteiger partial charge in [-0.15, -0.1) is 0 Å². The molecule has 1 aliphatic heterocycles. The molecule has 7 heteroatoms. The van der Waals surface area contributed by atoms with Gasteiger partial charge in [0.1, 0.15) is 11.5 Å². The third kappa shape index (κ3) is 3.33. The molecule has 1 aromatic heterocycles. The molecule has 7 nitrogen and oxygen atoms in total. The van der Waals surface area contributed by atoms with Crippen LogP contribution in [0.2, 0.25) is 0 Å². The molecule has 0 saturated carbocycles. The minimum Gasteiger partial charge on any atom is -0.464 e. The van der Waals surface area contributed by atoms with Gasteiger partial charge in [-0.2, -0.15) is 0 Å². The summed E-state index contributed by atoms with van der Waals surface area (Å²) in [5.41, 5.74) is 2.53. The lowest BCUT2D eigenvalue weighted by atomic mass is 10.2. The largest absolute Gasteiger partial charge is 0.464 e. The summed E-state index contributed by atoms with van der Waals surface area (Å²) >= 11 is 0. The number of nitrogens with one attached hydrogen (secondary N) is 2. The molecule has 1 aromatic rings. The molecule has 1 fully saturated rings. The Balaban J connectivity index is 2.03. The highest BCUT2D eigenvalue weighted by atomic mass is 16.3. The minimum absolute atomic E-state index is 0.0707. The quantitative estimate of drug-likeness (QED) is 0.389. The molecule has 0 spiro atoms. The fraction of sp³-hybridized carbons (Fsp3) is 0.500. The zero-order chi connectivity index (χ0) is 13.8. The number of carbonyl (C=O) groups is 2. The lowest BCUT2D eigenvalue weighted by molar-refractivity contribution is -0.120. The summed E-state index contributed by atoms with van der Waals surface area (Å²) < 4.78 is 5.54. The van der Waals surface area contributed by atoms with Crippen LogP contribution in [0.4, 0.5) is 0 Å². The van der Waals surface area contributed by atoms with E-state index in [-0.39, 0.29) is 11.8 Å². The van der Waals surface area contributed by atoms with Gasteiger partial charge in [0.15, 0.2) is 0 Å². The number of nitrogens with two attached hydrogens (primary N) is 1. The summed E-state index contributed by atoms with van der Waals surface area (Å²) in [7, 11) is 0. The van der Waals surface area contributed by atoms with E-state index in [9.17, 15) is 9.59 Å². The van der Waals surface area contributed by atoms with Gasteiger partial charge in [0.2, 0.25) is 5.91 Å². The zero-order valence-corrected chi connectivity index (χ0v) is 10.9. The summed E-state index contributed by atoms with van der Waals surface area (Å²) in [5, 5.41) is 2.81. The molecule has 1 saturated heterocycles. The van der Waals surface area contributed by atoms with Gasteiger partial charge in [0, 0.05) is 26.1 Å². The Morgan fingerprint density at radius 1 is 1.58 bits per heavy atom. The SMILES string of the molecule is Cc1oc(CN2CCNC(=O)CC2)cc1C(=O)NN. The number of amides is 2. The maximum absolute atomic E-state index is 11.5. The zero-order valence-electron chi connectivity index (χ0n) is 10.9. The molecule has 104 valence electrons. The summed E-state index contributed by atoms with van der Waals surface area (Å²) in [6.45, 7) is 4.39. The number of nitrogens with zero attached hydrogens (tertiary/aromatic N) is 1. The molecule has 1 aliphatic rings. The Hall–Kier alpha value is -1.86. The molecular formula is C12H18N4O3. The fourth-order valence-electron chi connectivity index (χ4n) is 2.12. The molecule has 0 radical (unpaired) electrons. The average molecular weight is 266 g/mol. The highest BCUT2D eigenvalue weighted by Gasteiger charge is 2.18. The van der Waals surface area contributed by atoms with Crippen molar-refractivity contribution in [1.82, 2.24) is 15.6 Å². The first-order chi connectivity index (χ1) is 9.10. The van der Waals surface area contributed by atoms with Crippen LogP contribution in [0.25, 0.3) is 0 Å². The van der Waals surface area contributed by atoms with Crippen LogP contribution >= 0.6 is 0 Å². The van der Waals surface area contributed by atoms with E-state index in [2.05, 4.69) is 15.6 Å². The Bertz CT molecular complexity index is 483. The van der Waals surface area contributed by atoms with Crippen LogP contribution in [0.15, 0.2) is 10.5 Å². The number of aryl methyl sites for hydroxylation is 1. The lowest BCUT2D eigenvalue weighted by Crippen LogP contribution is -2.30. The van der Waals surface area contributed by atoms with Crippen LogP contribution in [0.5, 0.6) is 0 Å². The molecule has 0 aromatic carbocycles. The van der Waals surface area contributed by atoms with Gasteiger partial charge in [-0.1, -0.05) is 0 Å². The Labute approximate surface area is 111 Å². The highest BCUT2D eigenvalue weighted by molar-refractivity contribution is 5.94. The summed E-state index contributed by atoms with van der Waals surface area (Å²) in [6, 6.07) is 1.69. The van der Waals surface area contributed by atoms with Gasteiger partial charge < -0.3 is 9.73 Å². The second kappa shape index (κ2) is 5.85. The van der Waals surface area contributed by atoms with E-state index in [1.165, 1.54) is 0 Å². The highest BCUT2D eigenvalue weighted by Crippen LogP contribution is 2.16. The topological polar surface area (TPSA) is 101 Å². The molecule has 2 rings (SSSR count). The number of carbonyl (C=O) groups excluding carboxylic acids is 2. The van der Waals surface area contributed by atoms with Crippen LogP contribution in [-0.2, 0) is 11.3 Å². The number of furan rings is 1. The second-order valence-electron chi connectivity index (χ2n) is 4.53. The maximum Gasteiger partial charge on any atom is 0.268 e. The van der Waals surface area contributed by atoms with Crippen molar-refractivity contribution in [2.75, 3.05) is 19.6 Å². The van der Waals surface area contributed by atoms with E-state index in [0.717, 1.165) is 6.54 Å². The predicted molar refractivity (Wildman–Crippen MR) is 68.0 cm³/mol. The summed E-state index contributed by atoms with van der Waals surface area (Å²) in [5.74, 6) is 6.06. The van der Waals surface area contributed by atoms with Gasteiger partial charge in [0.25, 0.3) is 5.91 Å². The Kier molecular flexibility index (Phi) is 4.18. The van der Waals surface area contributed by atoms with E-state index < -0.39 is 0 Å².